The molecule has 0 amide bonds. The molecular weight excluding hydrogens is 284 g/mol. The van der Waals surface area contributed by atoms with Crippen LogP contribution in [0.3, 0.4) is 0 Å². The molecule has 1 heterocycles. The van der Waals surface area contributed by atoms with Crippen LogP contribution >= 0.6 is 27.5 Å². The van der Waals surface area contributed by atoms with E-state index in [2.05, 4.69) is 31.1 Å². The molecule has 2 aromatic rings. The molecule has 0 aliphatic carbocycles. The van der Waals surface area contributed by atoms with Crippen LogP contribution < -0.4 is 0 Å². The third-order valence-corrected chi connectivity index (χ3v) is 2.53. The van der Waals surface area contributed by atoms with Gasteiger partial charge in [-0.15, -0.1) is 10.2 Å². The second-order valence-electron chi connectivity index (χ2n) is 2.72. The van der Waals surface area contributed by atoms with Gasteiger partial charge in [0, 0.05) is 10.0 Å². The summed E-state index contributed by atoms with van der Waals surface area (Å²) in [6.45, 7) is 0. The Kier molecular flexibility index (Phi) is 2.93. The van der Waals surface area contributed by atoms with Gasteiger partial charge in [0.15, 0.2) is 5.15 Å². The smallest absolute Gasteiger partial charge is 0.159 e. The van der Waals surface area contributed by atoms with Crippen LogP contribution in [0.15, 0.2) is 29.0 Å². The quantitative estimate of drug-likeness (QED) is 0.809. The van der Waals surface area contributed by atoms with Gasteiger partial charge in [0.05, 0.1) is 0 Å². The minimum atomic E-state index is -0.414. The predicted octanol–water partition coefficient (Wildman–Crippen LogP) is 3.09. The Morgan fingerprint density at radius 1 is 1.33 bits per heavy atom. The highest BCUT2D eigenvalue weighted by Gasteiger charge is 2.11. The summed E-state index contributed by atoms with van der Waals surface area (Å²) in [6.07, 6.45) is 1.21. The van der Waals surface area contributed by atoms with Crippen molar-refractivity contribution in [3.8, 4) is 11.3 Å². The van der Waals surface area contributed by atoms with E-state index in [1.54, 1.807) is 12.1 Å². The molecule has 0 saturated carbocycles. The number of rotatable bonds is 1. The van der Waals surface area contributed by atoms with E-state index < -0.39 is 5.82 Å². The molecule has 0 saturated heterocycles. The van der Waals surface area contributed by atoms with Crippen molar-refractivity contribution in [2.75, 3.05) is 0 Å². The zero-order chi connectivity index (χ0) is 10.8. The van der Waals surface area contributed by atoms with E-state index in [9.17, 15) is 4.39 Å². The van der Waals surface area contributed by atoms with Crippen LogP contribution in [-0.2, 0) is 0 Å². The number of benzene rings is 1. The lowest BCUT2D eigenvalue weighted by Crippen LogP contribution is -1.93. The number of hydrogen-bond donors (Lipinski definition) is 0. The van der Waals surface area contributed by atoms with Crippen LogP contribution in [0.4, 0.5) is 4.39 Å². The van der Waals surface area contributed by atoms with Crippen LogP contribution in [0.25, 0.3) is 11.3 Å². The molecule has 2 rings (SSSR count). The van der Waals surface area contributed by atoms with Gasteiger partial charge in [0.25, 0.3) is 0 Å². The summed E-state index contributed by atoms with van der Waals surface area (Å²) in [5, 5.41) is 7.44. The highest BCUT2D eigenvalue weighted by atomic mass is 79.9. The van der Waals surface area contributed by atoms with Crippen LogP contribution in [0, 0.1) is 5.82 Å². The molecule has 0 fully saturated rings. The van der Waals surface area contributed by atoms with Gasteiger partial charge in [-0.3, -0.25) is 0 Å². The standard InChI is InChI=1S/C9H4BrClFN3/c10-5-1-2-7(12)6(3-5)8-9(11)13-4-14-15-8/h1-4H. The fourth-order valence-corrected chi connectivity index (χ4v) is 1.65. The lowest BCUT2D eigenvalue weighted by Gasteiger charge is -2.03. The molecule has 0 radical (unpaired) electrons. The molecule has 76 valence electrons. The zero-order valence-electron chi connectivity index (χ0n) is 7.28. The van der Waals surface area contributed by atoms with Gasteiger partial charge in [-0.25, -0.2) is 9.37 Å². The third-order valence-electron chi connectivity index (χ3n) is 1.76. The Bertz CT molecular complexity index is 506. The van der Waals surface area contributed by atoms with Crippen molar-refractivity contribution in [3.63, 3.8) is 0 Å². The molecule has 0 N–H and O–H groups in total. The summed E-state index contributed by atoms with van der Waals surface area (Å²) >= 11 is 9.03. The van der Waals surface area contributed by atoms with Crippen LogP contribution in [0.5, 0.6) is 0 Å². The number of hydrogen-bond acceptors (Lipinski definition) is 3. The van der Waals surface area contributed by atoms with Crippen LogP contribution in [0.1, 0.15) is 0 Å². The summed E-state index contributed by atoms with van der Waals surface area (Å²) in [5.41, 5.74) is 0.507. The van der Waals surface area contributed by atoms with E-state index in [4.69, 9.17) is 11.6 Å². The van der Waals surface area contributed by atoms with Gasteiger partial charge in [-0.05, 0) is 18.2 Å². The number of aromatic nitrogens is 3. The average Bonchev–Trinajstić information content (AvgIpc) is 2.23. The highest BCUT2D eigenvalue weighted by Crippen LogP contribution is 2.27. The Morgan fingerprint density at radius 3 is 2.87 bits per heavy atom. The molecule has 1 aromatic carbocycles. The van der Waals surface area contributed by atoms with E-state index in [0.717, 1.165) is 4.47 Å². The Labute approximate surface area is 98.5 Å². The molecule has 0 spiro atoms. The second-order valence-corrected chi connectivity index (χ2v) is 4.00. The SMILES string of the molecule is Fc1ccc(Br)cc1-c1nncnc1Cl. The van der Waals surface area contributed by atoms with Crippen LogP contribution in [-0.4, -0.2) is 15.2 Å². The van der Waals surface area contributed by atoms with Crippen LogP contribution in [0.2, 0.25) is 5.15 Å². The maximum Gasteiger partial charge on any atom is 0.159 e. The monoisotopic (exact) mass is 287 g/mol. The van der Waals surface area contributed by atoms with Gasteiger partial charge < -0.3 is 0 Å². The Morgan fingerprint density at radius 2 is 2.13 bits per heavy atom. The molecular formula is C9H4BrClFN3. The van der Waals surface area contributed by atoms with Gasteiger partial charge in [0.1, 0.15) is 17.8 Å². The minimum Gasteiger partial charge on any atom is -0.220 e. The molecule has 3 nitrogen and oxygen atoms in total. The summed E-state index contributed by atoms with van der Waals surface area (Å²) in [4.78, 5) is 3.74. The minimum absolute atomic E-state index is 0.127. The Balaban J connectivity index is 2.64. The van der Waals surface area contributed by atoms with Crippen molar-refractivity contribution in [1.82, 2.24) is 15.2 Å². The van der Waals surface area contributed by atoms with E-state index in [1.165, 1.54) is 12.4 Å². The second kappa shape index (κ2) is 4.20. The van der Waals surface area contributed by atoms with E-state index in [-0.39, 0.29) is 16.4 Å². The first-order chi connectivity index (χ1) is 7.18. The average molecular weight is 289 g/mol. The summed E-state index contributed by atoms with van der Waals surface area (Å²) in [7, 11) is 0. The summed E-state index contributed by atoms with van der Waals surface area (Å²) < 4.78 is 14.2. The molecule has 1 aromatic heterocycles. The van der Waals surface area contributed by atoms with Gasteiger partial charge >= 0.3 is 0 Å². The molecule has 15 heavy (non-hydrogen) atoms. The largest absolute Gasteiger partial charge is 0.220 e. The molecule has 6 heteroatoms. The molecule has 0 unspecified atom stereocenters. The molecule has 0 atom stereocenters. The molecule has 0 aliphatic rings. The topological polar surface area (TPSA) is 38.7 Å². The number of halogens is 3. The van der Waals surface area contributed by atoms with Crippen molar-refractivity contribution in [2.45, 2.75) is 0 Å². The van der Waals surface area contributed by atoms with Crippen molar-refractivity contribution < 1.29 is 4.39 Å². The van der Waals surface area contributed by atoms with Gasteiger partial charge in [0.2, 0.25) is 0 Å². The maximum absolute atomic E-state index is 13.5. The van der Waals surface area contributed by atoms with Crippen molar-refractivity contribution >= 4 is 27.5 Å². The molecule has 0 bridgehead atoms. The van der Waals surface area contributed by atoms with Crippen molar-refractivity contribution in [2.24, 2.45) is 0 Å². The lowest BCUT2D eigenvalue weighted by molar-refractivity contribution is 0.630. The molecule has 0 aliphatic heterocycles. The first-order valence-corrected chi connectivity index (χ1v) is 5.14. The lowest BCUT2D eigenvalue weighted by atomic mass is 10.1. The fourth-order valence-electron chi connectivity index (χ4n) is 1.11. The third kappa shape index (κ3) is 2.13. The fraction of sp³-hybridized carbons (Fsp3) is 0. The van der Waals surface area contributed by atoms with Gasteiger partial charge in [-0.2, -0.15) is 0 Å². The summed E-state index contributed by atoms with van der Waals surface area (Å²) in [6, 6.07) is 4.49. The first kappa shape index (κ1) is 10.4. The zero-order valence-corrected chi connectivity index (χ0v) is 9.63. The van der Waals surface area contributed by atoms with Gasteiger partial charge in [-0.1, -0.05) is 27.5 Å². The van der Waals surface area contributed by atoms with E-state index in [1.807, 2.05) is 0 Å². The van der Waals surface area contributed by atoms with E-state index >= 15 is 0 Å². The van der Waals surface area contributed by atoms with Crippen molar-refractivity contribution in [3.05, 3.63) is 40.0 Å². The first-order valence-electron chi connectivity index (χ1n) is 3.97. The summed E-state index contributed by atoms with van der Waals surface area (Å²) in [5.74, 6) is -0.414. The Hall–Kier alpha value is -1.07. The van der Waals surface area contributed by atoms with E-state index in [0.29, 0.717) is 0 Å². The predicted molar refractivity (Wildman–Crippen MR) is 57.9 cm³/mol. The normalized spacial score (nSPS) is 10.3. The highest BCUT2D eigenvalue weighted by molar-refractivity contribution is 9.10. The maximum atomic E-state index is 13.5. The number of nitrogens with zero attached hydrogens (tertiary/aromatic N) is 3. The van der Waals surface area contributed by atoms with Crippen molar-refractivity contribution in [1.29, 1.82) is 0 Å².